The van der Waals surface area contributed by atoms with E-state index in [1.54, 1.807) is 6.20 Å². The van der Waals surface area contributed by atoms with E-state index in [1.807, 2.05) is 6.92 Å². The third-order valence-corrected chi connectivity index (χ3v) is 3.20. The van der Waals surface area contributed by atoms with E-state index in [2.05, 4.69) is 31.6 Å². The van der Waals surface area contributed by atoms with Gasteiger partial charge in [0.05, 0.1) is 22.6 Å². The van der Waals surface area contributed by atoms with Gasteiger partial charge in [0.2, 0.25) is 0 Å². The number of nitrogens with one attached hydrogen (secondary N) is 1. The Morgan fingerprint density at radius 2 is 2.28 bits per heavy atom. The highest BCUT2D eigenvalue weighted by Crippen LogP contribution is 2.29. The quantitative estimate of drug-likeness (QED) is 0.935. The second-order valence-corrected chi connectivity index (χ2v) is 4.91. The van der Waals surface area contributed by atoms with Crippen LogP contribution in [0.2, 0.25) is 5.02 Å². The SMILES string of the molecule is CCNCc1cn(-c2c(Cl)cc(F)cc2Br)nn1. The first-order valence-corrected chi connectivity index (χ1v) is 6.55. The topological polar surface area (TPSA) is 42.7 Å². The minimum absolute atomic E-state index is 0.279. The van der Waals surface area contributed by atoms with Crippen LogP contribution in [0.25, 0.3) is 5.69 Å². The smallest absolute Gasteiger partial charge is 0.125 e. The molecular weight excluding hydrogens is 323 g/mol. The van der Waals surface area contributed by atoms with Gasteiger partial charge in [-0.3, -0.25) is 0 Å². The van der Waals surface area contributed by atoms with Crippen LogP contribution in [0.1, 0.15) is 12.6 Å². The number of benzene rings is 1. The van der Waals surface area contributed by atoms with E-state index in [4.69, 9.17) is 11.6 Å². The van der Waals surface area contributed by atoms with Crippen LogP contribution in [0.4, 0.5) is 4.39 Å². The van der Waals surface area contributed by atoms with Crippen LogP contribution < -0.4 is 5.32 Å². The Bertz CT molecular complexity index is 535. The highest BCUT2D eigenvalue weighted by Gasteiger charge is 2.12. The monoisotopic (exact) mass is 332 g/mol. The van der Waals surface area contributed by atoms with Crippen LogP contribution >= 0.6 is 27.5 Å². The van der Waals surface area contributed by atoms with E-state index < -0.39 is 5.82 Å². The molecule has 0 bridgehead atoms. The fourth-order valence-electron chi connectivity index (χ4n) is 1.50. The average Bonchev–Trinajstić information content (AvgIpc) is 2.73. The highest BCUT2D eigenvalue weighted by atomic mass is 79.9. The minimum atomic E-state index is -0.399. The Labute approximate surface area is 117 Å². The van der Waals surface area contributed by atoms with Gasteiger partial charge in [0.25, 0.3) is 0 Å². The molecule has 0 radical (unpaired) electrons. The van der Waals surface area contributed by atoms with Crippen molar-refractivity contribution in [1.82, 2.24) is 20.3 Å². The predicted molar refractivity (Wildman–Crippen MR) is 71.4 cm³/mol. The minimum Gasteiger partial charge on any atom is -0.311 e. The first-order chi connectivity index (χ1) is 8.61. The number of aromatic nitrogens is 3. The van der Waals surface area contributed by atoms with Crippen LogP contribution in [0, 0.1) is 5.82 Å². The van der Waals surface area contributed by atoms with E-state index in [0.29, 0.717) is 16.7 Å². The molecule has 0 atom stereocenters. The van der Waals surface area contributed by atoms with Crippen molar-refractivity contribution < 1.29 is 4.39 Å². The standard InChI is InChI=1S/C11H11BrClFN4/c1-2-15-5-8-6-18(17-16-8)11-9(12)3-7(14)4-10(11)13/h3-4,6,15H,2,5H2,1H3. The molecule has 1 aromatic heterocycles. The van der Waals surface area contributed by atoms with Crippen molar-refractivity contribution in [3.8, 4) is 5.69 Å². The maximum atomic E-state index is 13.1. The van der Waals surface area contributed by atoms with Gasteiger partial charge >= 0.3 is 0 Å². The Morgan fingerprint density at radius 3 is 2.94 bits per heavy atom. The summed E-state index contributed by atoms with van der Waals surface area (Å²) in [7, 11) is 0. The molecule has 0 amide bonds. The number of halogens is 3. The molecule has 0 fully saturated rings. The molecule has 0 aliphatic rings. The van der Waals surface area contributed by atoms with Gasteiger partial charge in [-0.1, -0.05) is 23.7 Å². The van der Waals surface area contributed by atoms with Gasteiger partial charge in [-0.2, -0.15) is 0 Å². The maximum Gasteiger partial charge on any atom is 0.125 e. The van der Waals surface area contributed by atoms with Crippen molar-refractivity contribution in [3.05, 3.63) is 39.3 Å². The van der Waals surface area contributed by atoms with Crippen molar-refractivity contribution in [2.75, 3.05) is 6.54 Å². The summed E-state index contributed by atoms with van der Waals surface area (Å²) in [5.74, 6) is -0.399. The molecule has 2 aromatic rings. The molecule has 1 aromatic carbocycles. The second kappa shape index (κ2) is 5.77. The Balaban J connectivity index is 2.34. The van der Waals surface area contributed by atoms with Crippen molar-refractivity contribution in [2.45, 2.75) is 13.5 Å². The fraction of sp³-hybridized carbons (Fsp3) is 0.273. The van der Waals surface area contributed by atoms with E-state index in [1.165, 1.54) is 16.8 Å². The van der Waals surface area contributed by atoms with E-state index in [-0.39, 0.29) is 5.02 Å². The van der Waals surface area contributed by atoms with E-state index in [0.717, 1.165) is 12.2 Å². The van der Waals surface area contributed by atoms with Crippen molar-refractivity contribution in [2.24, 2.45) is 0 Å². The molecule has 0 saturated heterocycles. The Morgan fingerprint density at radius 1 is 1.50 bits per heavy atom. The van der Waals surface area contributed by atoms with Gasteiger partial charge < -0.3 is 5.32 Å². The third kappa shape index (κ3) is 2.88. The van der Waals surface area contributed by atoms with Gasteiger partial charge in [0, 0.05) is 11.0 Å². The molecule has 0 aliphatic heterocycles. The highest BCUT2D eigenvalue weighted by molar-refractivity contribution is 9.10. The van der Waals surface area contributed by atoms with Crippen LogP contribution in [0.5, 0.6) is 0 Å². The van der Waals surface area contributed by atoms with Crippen molar-refractivity contribution in [3.63, 3.8) is 0 Å². The van der Waals surface area contributed by atoms with Gasteiger partial charge in [-0.25, -0.2) is 9.07 Å². The lowest BCUT2D eigenvalue weighted by Gasteiger charge is -2.06. The molecule has 96 valence electrons. The van der Waals surface area contributed by atoms with Crippen molar-refractivity contribution >= 4 is 27.5 Å². The van der Waals surface area contributed by atoms with Gasteiger partial charge in [-0.15, -0.1) is 5.10 Å². The Hall–Kier alpha value is -0.980. The zero-order valence-electron chi connectivity index (χ0n) is 9.62. The summed E-state index contributed by atoms with van der Waals surface area (Å²) < 4.78 is 15.2. The molecule has 4 nitrogen and oxygen atoms in total. The average molecular weight is 334 g/mol. The van der Waals surface area contributed by atoms with Crippen LogP contribution in [-0.2, 0) is 6.54 Å². The molecule has 0 spiro atoms. The number of hydrogen-bond acceptors (Lipinski definition) is 3. The fourth-order valence-corrected chi connectivity index (χ4v) is 2.52. The summed E-state index contributed by atoms with van der Waals surface area (Å²) in [5.41, 5.74) is 1.37. The molecule has 0 aliphatic carbocycles. The summed E-state index contributed by atoms with van der Waals surface area (Å²) in [5, 5.41) is 11.4. The van der Waals surface area contributed by atoms with Gasteiger partial charge in [0.1, 0.15) is 5.82 Å². The first kappa shape index (κ1) is 13.5. The lowest BCUT2D eigenvalue weighted by molar-refractivity contribution is 0.625. The summed E-state index contributed by atoms with van der Waals surface area (Å²) in [6, 6.07) is 2.58. The second-order valence-electron chi connectivity index (χ2n) is 3.65. The zero-order chi connectivity index (χ0) is 13.1. The molecule has 2 rings (SSSR count). The van der Waals surface area contributed by atoms with Crippen molar-refractivity contribution in [1.29, 1.82) is 0 Å². The number of nitrogens with zero attached hydrogens (tertiary/aromatic N) is 3. The number of hydrogen-bond donors (Lipinski definition) is 1. The van der Waals surface area contributed by atoms with Crippen LogP contribution in [0.3, 0.4) is 0 Å². The van der Waals surface area contributed by atoms with Crippen LogP contribution in [0.15, 0.2) is 22.8 Å². The zero-order valence-corrected chi connectivity index (χ0v) is 12.0. The predicted octanol–water partition coefficient (Wildman–Crippen LogP) is 2.93. The summed E-state index contributed by atoms with van der Waals surface area (Å²) >= 11 is 9.28. The molecule has 0 unspecified atom stereocenters. The van der Waals surface area contributed by atoms with E-state index in [9.17, 15) is 4.39 Å². The molecular formula is C11H11BrClFN4. The summed E-state index contributed by atoms with van der Waals surface area (Å²) in [6.07, 6.45) is 1.76. The van der Waals surface area contributed by atoms with Crippen LogP contribution in [-0.4, -0.2) is 21.5 Å². The lowest BCUT2D eigenvalue weighted by Crippen LogP contribution is -2.11. The van der Waals surface area contributed by atoms with E-state index >= 15 is 0 Å². The molecule has 0 saturated carbocycles. The first-order valence-electron chi connectivity index (χ1n) is 5.38. The largest absolute Gasteiger partial charge is 0.311 e. The summed E-state index contributed by atoms with van der Waals surface area (Å²) in [6.45, 7) is 3.50. The number of rotatable bonds is 4. The maximum absolute atomic E-state index is 13.1. The summed E-state index contributed by atoms with van der Waals surface area (Å²) in [4.78, 5) is 0. The lowest BCUT2D eigenvalue weighted by atomic mass is 10.3. The molecule has 1 heterocycles. The van der Waals surface area contributed by atoms with Gasteiger partial charge in [-0.05, 0) is 34.6 Å². The molecule has 7 heteroatoms. The Kier molecular flexibility index (Phi) is 4.31. The normalized spacial score (nSPS) is 10.9. The third-order valence-electron chi connectivity index (χ3n) is 2.31. The molecule has 18 heavy (non-hydrogen) atoms. The molecule has 1 N–H and O–H groups in total. The van der Waals surface area contributed by atoms with Gasteiger partial charge in [0.15, 0.2) is 0 Å².